The second-order valence-electron chi connectivity index (χ2n) is 9.51. The number of carboxylic acid groups (broad SMARTS) is 1. The molecule has 5 rings (SSSR count). The maximum Gasteiger partial charge on any atom is 0.407 e. The summed E-state index contributed by atoms with van der Waals surface area (Å²) in [5.41, 5.74) is 5.24. The van der Waals surface area contributed by atoms with Crippen molar-refractivity contribution in [3.63, 3.8) is 0 Å². The number of fused-ring (bicyclic) bond motifs is 3. The van der Waals surface area contributed by atoms with Crippen molar-refractivity contribution in [3.8, 4) is 16.9 Å². The van der Waals surface area contributed by atoms with Crippen LogP contribution < -0.4 is 10.1 Å². The SMILES string of the molecule is O=C(NC(Cc1ccc(OCCN2CCOCC2)cc1)C(=O)O)OCC1c2ccccc2-c2ccccc21. The number of morpholine rings is 1. The maximum atomic E-state index is 12.6. The molecule has 2 aliphatic rings. The minimum atomic E-state index is -1.12. The summed E-state index contributed by atoms with van der Waals surface area (Å²) in [5, 5.41) is 12.2. The van der Waals surface area contributed by atoms with Gasteiger partial charge in [0.15, 0.2) is 0 Å². The third-order valence-corrected chi connectivity index (χ3v) is 7.08. The van der Waals surface area contributed by atoms with Crippen LogP contribution in [-0.4, -0.2) is 74.2 Å². The summed E-state index contributed by atoms with van der Waals surface area (Å²) >= 11 is 0. The first-order valence-corrected chi connectivity index (χ1v) is 12.9. The Kier molecular flexibility index (Phi) is 8.21. The van der Waals surface area contributed by atoms with Crippen LogP contribution in [0.1, 0.15) is 22.6 Å². The van der Waals surface area contributed by atoms with Gasteiger partial charge in [0.2, 0.25) is 0 Å². The van der Waals surface area contributed by atoms with Crippen LogP contribution in [0.5, 0.6) is 5.75 Å². The van der Waals surface area contributed by atoms with Crippen molar-refractivity contribution in [2.45, 2.75) is 18.4 Å². The lowest BCUT2D eigenvalue weighted by molar-refractivity contribution is -0.139. The van der Waals surface area contributed by atoms with E-state index in [1.165, 1.54) is 0 Å². The van der Waals surface area contributed by atoms with Crippen LogP contribution in [0.25, 0.3) is 11.1 Å². The molecule has 3 aromatic rings. The topological polar surface area (TPSA) is 97.3 Å². The number of alkyl carbamates (subject to hydrolysis) is 1. The highest BCUT2D eigenvalue weighted by Gasteiger charge is 2.29. The van der Waals surface area contributed by atoms with Crippen LogP contribution in [0.2, 0.25) is 0 Å². The van der Waals surface area contributed by atoms with Crippen molar-refractivity contribution >= 4 is 12.1 Å². The number of carbonyl (C=O) groups is 2. The van der Waals surface area contributed by atoms with E-state index in [9.17, 15) is 14.7 Å². The Morgan fingerprint density at radius 2 is 1.58 bits per heavy atom. The molecule has 2 N–H and O–H groups in total. The van der Waals surface area contributed by atoms with Gasteiger partial charge >= 0.3 is 12.1 Å². The lowest BCUT2D eigenvalue weighted by atomic mass is 9.98. The monoisotopic (exact) mass is 516 g/mol. The highest BCUT2D eigenvalue weighted by Crippen LogP contribution is 2.44. The second-order valence-corrected chi connectivity index (χ2v) is 9.51. The maximum absolute atomic E-state index is 12.6. The normalized spacial score (nSPS) is 15.8. The fraction of sp³-hybridized carbons (Fsp3) is 0.333. The molecule has 8 heteroatoms. The molecule has 0 spiro atoms. The van der Waals surface area contributed by atoms with Gasteiger partial charge in [-0.15, -0.1) is 0 Å². The first kappa shape index (κ1) is 25.8. The fourth-order valence-electron chi connectivity index (χ4n) is 5.06. The van der Waals surface area contributed by atoms with Crippen LogP contribution >= 0.6 is 0 Å². The molecule has 1 amide bonds. The Morgan fingerprint density at radius 1 is 0.947 bits per heavy atom. The van der Waals surface area contributed by atoms with E-state index in [1.54, 1.807) is 0 Å². The molecule has 8 nitrogen and oxygen atoms in total. The number of ether oxygens (including phenoxy) is 3. The molecule has 0 radical (unpaired) electrons. The number of nitrogens with one attached hydrogen (secondary N) is 1. The number of aliphatic carboxylic acids is 1. The molecule has 198 valence electrons. The molecular formula is C30H32N2O6. The van der Waals surface area contributed by atoms with Crippen LogP contribution in [0, 0.1) is 0 Å². The molecule has 0 saturated carbocycles. The van der Waals surface area contributed by atoms with Crippen LogP contribution in [0.15, 0.2) is 72.8 Å². The molecule has 1 heterocycles. The van der Waals surface area contributed by atoms with E-state index >= 15 is 0 Å². The van der Waals surface area contributed by atoms with Gasteiger partial charge in [-0.3, -0.25) is 4.90 Å². The summed E-state index contributed by atoms with van der Waals surface area (Å²) in [6.45, 7) is 4.86. The quantitative estimate of drug-likeness (QED) is 0.421. The van der Waals surface area contributed by atoms with E-state index in [2.05, 4.69) is 22.3 Å². The van der Waals surface area contributed by atoms with Gasteiger partial charge < -0.3 is 24.6 Å². The second kappa shape index (κ2) is 12.1. The van der Waals surface area contributed by atoms with Crippen molar-refractivity contribution in [1.82, 2.24) is 10.2 Å². The number of hydrogen-bond acceptors (Lipinski definition) is 6. The number of nitrogens with zero attached hydrogens (tertiary/aromatic N) is 1. The van der Waals surface area contributed by atoms with Gasteiger partial charge in [0.25, 0.3) is 0 Å². The van der Waals surface area contributed by atoms with Gasteiger partial charge in [-0.1, -0.05) is 60.7 Å². The van der Waals surface area contributed by atoms with Crippen LogP contribution in [0.3, 0.4) is 0 Å². The summed E-state index contributed by atoms with van der Waals surface area (Å²) < 4.78 is 16.7. The Balaban J connectivity index is 1.12. The van der Waals surface area contributed by atoms with E-state index in [-0.39, 0.29) is 18.9 Å². The zero-order valence-electron chi connectivity index (χ0n) is 21.2. The standard InChI is InChI=1S/C30H32N2O6/c33-29(34)28(19-21-9-11-22(12-10-21)37-18-15-32-13-16-36-17-14-32)31-30(35)38-20-27-25-7-3-1-5-23(25)24-6-2-4-8-26(24)27/h1-12,27-28H,13-20H2,(H,31,35)(H,33,34). The highest BCUT2D eigenvalue weighted by atomic mass is 16.5. The van der Waals surface area contributed by atoms with Gasteiger partial charge in [-0.2, -0.15) is 0 Å². The summed E-state index contributed by atoms with van der Waals surface area (Å²) in [4.78, 5) is 26.8. The van der Waals surface area contributed by atoms with Crippen molar-refractivity contribution in [2.75, 3.05) is 46.1 Å². The van der Waals surface area contributed by atoms with Crippen LogP contribution in [-0.2, 0) is 20.7 Å². The summed E-state index contributed by atoms with van der Waals surface area (Å²) in [6.07, 6.45) is -0.615. The van der Waals surface area contributed by atoms with Crippen molar-refractivity contribution in [2.24, 2.45) is 0 Å². The first-order chi connectivity index (χ1) is 18.6. The molecule has 1 fully saturated rings. The molecule has 1 saturated heterocycles. The molecule has 0 aromatic heterocycles. The number of hydrogen-bond donors (Lipinski definition) is 2. The molecule has 3 aromatic carbocycles. The van der Waals surface area contributed by atoms with E-state index in [4.69, 9.17) is 14.2 Å². The molecule has 1 atom stereocenters. The number of amides is 1. The Hall–Kier alpha value is -3.88. The molecule has 1 aliphatic heterocycles. The van der Waals surface area contributed by atoms with Gasteiger partial charge in [0.1, 0.15) is 25.0 Å². The summed E-state index contributed by atoms with van der Waals surface area (Å²) in [7, 11) is 0. The van der Waals surface area contributed by atoms with E-state index < -0.39 is 18.1 Å². The minimum Gasteiger partial charge on any atom is -0.492 e. The third-order valence-electron chi connectivity index (χ3n) is 7.08. The smallest absolute Gasteiger partial charge is 0.407 e. The zero-order chi connectivity index (χ0) is 26.3. The summed E-state index contributed by atoms with van der Waals surface area (Å²) in [6, 6.07) is 22.3. The van der Waals surface area contributed by atoms with Crippen molar-refractivity contribution in [1.29, 1.82) is 0 Å². The van der Waals surface area contributed by atoms with Crippen LogP contribution in [0.4, 0.5) is 4.79 Å². The molecular weight excluding hydrogens is 484 g/mol. The Morgan fingerprint density at radius 3 is 2.21 bits per heavy atom. The molecule has 0 bridgehead atoms. The number of carbonyl (C=O) groups excluding carboxylic acids is 1. The summed E-state index contributed by atoms with van der Waals surface area (Å²) in [5.74, 6) is -0.491. The molecule has 1 unspecified atom stereocenters. The Bertz CT molecular complexity index is 1210. The van der Waals surface area contributed by atoms with E-state index in [0.29, 0.717) is 6.61 Å². The van der Waals surface area contributed by atoms with Gasteiger partial charge in [0.05, 0.1) is 13.2 Å². The first-order valence-electron chi connectivity index (χ1n) is 12.9. The largest absolute Gasteiger partial charge is 0.492 e. The molecule has 38 heavy (non-hydrogen) atoms. The van der Waals surface area contributed by atoms with E-state index in [0.717, 1.165) is 66.4 Å². The highest BCUT2D eigenvalue weighted by molar-refractivity contribution is 5.81. The lowest BCUT2D eigenvalue weighted by Gasteiger charge is -2.26. The number of carboxylic acids is 1. The predicted molar refractivity (Wildman–Crippen MR) is 143 cm³/mol. The number of benzene rings is 3. The average Bonchev–Trinajstić information content (AvgIpc) is 3.26. The Labute approximate surface area is 222 Å². The van der Waals surface area contributed by atoms with E-state index in [1.807, 2.05) is 60.7 Å². The average molecular weight is 517 g/mol. The predicted octanol–water partition coefficient (Wildman–Crippen LogP) is 3.93. The zero-order valence-corrected chi connectivity index (χ0v) is 21.2. The third kappa shape index (κ3) is 6.15. The van der Waals surface area contributed by atoms with Gasteiger partial charge in [-0.25, -0.2) is 9.59 Å². The van der Waals surface area contributed by atoms with Gasteiger partial charge in [0, 0.05) is 32.0 Å². The van der Waals surface area contributed by atoms with Crippen molar-refractivity contribution in [3.05, 3.63) is 89.5 Å². The lowest BCUT2D eigenvalue weighted by Crippen LogP contribution is -2.42. The van der Waals surface area contributed by atoms with Gasteiger partial charge in [-0.05, 0) is 39.9 Å². The molecule has 1 aliphatic carbocycles. The number of rotatable bonds is 10. The van der Waals surface area contributed by atoms with Crippen molar-refractivity contribution < 1.29 is 28.9 Å². The fourth-order valence-corrected chi connectivity index (χ4v) is 5.06. The minimum absolute atomic E-state index is 0.0905.